The van der Waals surface area contributed by atoms with Gasteiger partial charge in [-0.2, -0.15) is 0 Å². The Bertz CT molecular complexity index is 1380. The normalized spacial score (nSPS) is 17.9. The molecule has 1 aromatic carbocycles. The molecule has 2 amide bonds. The van der Waals surface area contributed by atoms with Crippen LogP contribution in [0.25, 0.3) is 0 Å². The molecule has 4 rings (SSSR count). The number of amides is 2. The fourth-order valence-corrected chi connectivity index (χ4v) is 4.93. The molecular formula is C25H31FN6O6S. The van der Waals surface area contributed by atoms with Crippen LogP contribution < -0.4 is 14.8 Å². The first-order chi connectivity index (χ1) is 18.5. The maximum Gasteiger partial charge on any atom is 0.270 e. The molecule has 2 aliphatic rings. The van der Waals surface area contributed by atoms with Crippen LogP contribution in [0.4, 0.5) is 4.39 Å². The third-order valence-electron chi connectivity index (χ3n) is 6.63. The van der Waals surface area contributed by atoms with Gasteiger partial charge in [0.25, 0.3) is 5.91 Å². The number of nitrogens with one attached hydrogen (secondary N) is 2. The molecule has 210 valence electrons. The smallest absolute Gasteiger partial charge is 0.270 e. The minimum Gasteiger partial charge on any atom is -0.494 e. The van der Waals surface area contributed by atoms with Crippen molar-refractivity contribution in [1.29, 1.82) is 0 Å². The van der Waals surface area contributed by atoms with Crippen molar-refractivity contribution in [3.63, 3.8) is 0 Å². The summed E-state index contributed by atoms with van der Waals surface area (Å²) < 4.78 is 43.3. The predicted molar refractivity (Wildman–Crippen MR) is 139 cm³/mol. The van der Waals surface area contributed by atoms with Crippen molar-refractivity contribution >= 4 is 27.5 Å². The highest BCUT2D eigenvalue weighted by Crippen LogP contribution is 2.29. The van der Waals surface area contributed by atoms with Gasteiger partial charge in [-0.15, -0.1) is 0 Å². The lowest BCUT2D eigenvalue weighted by atomic mass is 9.88. The number of ether oxygens (including phenoxy) is 1. The van der Waals surface area contributed by atoms with Crippen LogP contribution in [-0.2, 0) is 26.2 Å². The first-order valence-electron chi connectivity index (χ1n) is 12.4. The predicted octanol–water partition coefficient (Wildman–Crippen LogP) is 1.14. The molecule has 2 aromatic rings. The second kappa shape index (κ2) is 12.0. The third-order valence-corrected chi connectivity index (χ3v) is 7.30. The largest absolute Gasteiger partial charge is 0.494 e. The van der Waals surface area contributed by atoms with E-state index < -0.39 is 21.7 Å². The second-order valence-corrected chi connectivity index (χ2v) is 11.4. The second-order valence-electron chi connectivity index (χ2n) is 9.53. The van der Waals surface area contributed by atoms with E-state index in [-0.39, 0.29) is 42.5 Å². The number of rotatable bonds is 9. The molecule has 1 unspecified atom stereocenters. The summed E-state index contributed by atoms with van der Waals surface area (Å²) in [6, 6.07) is 5.92. The first-order valence-corrected chi connectivity index (χ1v) is 14.3. The van der Waals surface area contributed by atoms with E-state index in [1.807, 2.05) is 0 Å². The molecule has 14 heteroatoms. The molecule has 12 nitrogen and oxygen atoms in total. The van der Waals surface area contributed by atoms with E-state index in [9.17, 15) is 22.4 Å². The van der Waals surface area contributed by atoms with Gasteiger partial charge < -0.3 is 19.8 Å². The number of halogens is 1. The molecule has 2 aliphatic heterocycles. The highest BCUT2D eigenvalue weighted by molar-refractivity contribution is 7.88. The molecule has 0 bridgehead atoms. The molecule has 0 aliphatic carbocycles. The van der Waals surface area contributed by atoms with E-state index in [1.165, 1.54) is 19.2 Å². The van der Waals surface area contributed by atoms with E-state index in [4.69, 9.17) is 9.57 Å². The number of aryl methyl sites for hydroxylation is 1. The van der Waals surface area contributed by atoms with Crippen LogP contribution in [0.5, 0.6) is 5.75 Å². The van der Waals surface area contributed by atoms with Gasteiger partial charge in [-0.3, -0.25) is 9.59 Å². The topological polar surface area (TPSA) is 152 Å². The van der Waals surface area contributed by atoms with Gasteiger partial charge in [0.15, 0.2) is 11.6 Å². The molecule has 39 heavy (non-hydrogen) atoms. The molecule has 2 N–H and O–H groups in total. The average molecular weight is 563 g/mol. The van der Waals surface area contributed by atoms with Crippen molar-refractivity contribution in [2.45, 2.75) is 38.8 Å². The van der Waals surface area contributed by atoms with E-state index >= 15 is 0 Å². The Morgan fingerprint density at radius 3 is 2.64 bits per heavy atom. The van der Waals surface area contributed by atoms with Crippen molar-refractivity contribution in [3.8, 4) is 5.75 Å². The number of carbonyl (C=O) groups is 2. The first kappa shape index (κ1) is 28.4. The minimum absolute atomic E-state index is 0.0944. The van der Waals surface area contributed by atoms with Crippen molar-refractivity contribution in [2.24, 2.45) is 11.1 Å². The summed E-state index contributed by atoms with van der Waals surface area (Å²) in [4.78, 5) is 41.1. The van der Waals surface area contributed by atoms with Crippen molar-refractivity contribution in [2.75, 3.05) is 33.0 Å². The monoisotopic (exact) mass is 562 g/mol. The number of oxime groups is 1. The molecule has 1 saturated heterocycles. The summed E-state index contributed by atoms with van der Waals surface area (Å²) in [7, 11) is -2.06. The van der Waals surface area contributed by atoms with E-state index in [0.717, 1.165) is 6.26 Å². The number of sulfonamides is 1. The number of nitrogens with zero attached hydrogens (tertiary/aromatic N) is 4. The Morgan fingerprint density at radius 1 is 1.21 bits per heavy atom. The van der Waals surface area contributed by atoms with Crippen LogP contribution in [0.15, 0.2) is 29.4 Å². The molecule has 0 saturated carbocycles. The number of hydrogen-bond donors (Lipinski definition) is 2. The number of carbonyl (C=O) groups excluding carboxylic acids is 2. The summed E-state index contributed by atoms with van der Waals surface area (Å²) in [5, 5.41) is 7.00. The lowest BCUT2D eigenvalue weighted by molar-refractivity contribution is -0.132. The Labute approximate surface area is 226 Å². The van der Waals surface area contributed by atoms with Gasteiger partial charge in [-0.25, -0.2) is 27.5 Å². The van der Waals surface area contributed by atoms with Gasteiger partial charge in [-0.1, -0.05) is 11.2 Å². The fourth-order valence-electron chi connectivity index (χ4n) is 4.54. The third kappa shape index (κ3) is 7.47. The zero-order chi connectivity index (χ0) is 28.2. The minimum atomic E-state index is -3.43. The summed E-state index contributed by atoms with van der Waals surface area (Å²) in [5.41, 5.74) is 1.95. The van der Waals surface area contributed by atoms with Gasteiger partial charge >= 0.3 is 0 Å². The fraction of sp³-hybridized carbons (Fsp3) is 0.480. The molecule has 3 heterocycles. The van der Waals surface area contributed by atoms with Gasteiger partial charge in [0.05, 0.1) is 25.6 Å². The number of benzene rings is 1. The summed E-state index contributed by atoms with van der Waals surface area (Å²) in [5.74, 6) is -0.495. The van der Waals surface area contributed by atoms with Crippen LogP contribution in [0.1, 0.15) is 46.8 Å². The highest BCUT2D eigenvalue weighted by atomic mass is 32.2. The number of aromatic nitrogens is 2. The molecule has 1 atom stereocenters. The standard InChI is InChI=1S/C25H31FN6O6S/c1-15-29-19(11-21(30-15)25(34)27-13-16-4-5-18(26)23(10-16)37-2)20-12-22(38-31-20)17-6-8-32(9-7-17)24(33)14-28-39(3,35)36/h4-5,10-11,17,22,28H,6-9,12-14H2,1-3H3,(H,27,34). The quantitative estimate of drug-likeness (QED) is 0.462. The van der Waals surface area contributed by atoms with Crippen molar-refractivity contribution < 1.29 is 32.0 Å². The number of piperidine rings is 1. The molecule has 1 aromatic heterocycles. The highest BCUT2D eigenvalue weighted by Gasteiger charge is 2.34. The van der Waals surface area contributed by atoms with Crippen LogP contribution in [0.2, 0.25) is 0 Å². The number of methoxy groups -OCH3 is 1. The Kier molecular flexibility index (Phi) is 8.75. The summed E-state index contributed by atoms with van der Waals surface area (Å²) in [6.07, 6.45) is 2.72. The van der Waals surface area contributed by atoms with Gasteiger partial charge in [0.1, 0.15) is 23.3 Å². The van der Waals surface area contributed by atoms with E-state index in [0.29, 0.717) is 55.1 Å². The summed E-state index contributed by atoms with van der Waals surface area (Å²) in [6.45, 7) is 2.59. The van der Waals surface area contributed by atoms with Crippen molar-refractivity contribution in [3.05, 3.63) is 52.9 Å². The van der Waals surface area contributed by atoms with Crippen LogP contribution in [0, 0.1) is 18.7 Å². The lowest BCUT2D eigenvalue weighted by Crippen LogP contribution is -2.45. The van der Waals surface area contributed by atoms with Gasteiger partial charge in [-0.05, 0) is 43.5 Å². The molecule has 0 spiro atoms. The van der Waals surface area contributed by atoms with Crippen LogP contribution in [-0.4, -0.2) is 79.9 Å². The van der Waals surface area contributed by atoms with E-state index in [2.05, 4.69) is 25.2 Å². The number of hydrogen-bond acceptors (Lipinski definition) is 9. The van der Waals surface area contributed by atoms with Crippen LogP contribution in [0.3, 0.4) is 0 Å². The molecule has 0 radical (unpaired) electrons. The Balaban J connectivity index is 1.32. The van der Waals surface area contributed by atoms with Gasteiger partial charge in [0, 0.05) is 32.0 Å². The molecule has 1 fully saturated rings. The van der Waals surface area contributed by atoms with Crippen molar-refractivity contribution in [1.82, 2.24) is 24.9 Å². The maximum absolute atomic E-state index is 13.6. The Hall–Kier alpha value is -3.65. The van der Waals surface area contributed by atoms with Crippen LogP contribution >= 0.6 is 0 Å². The SMILES string of the molecule is COc1cc(CNC(=O)c2cc(C3=NOC(C4CCN(C(=O)CNS(C)(=O)=O)CC4)C3)nc(C)n2)ccc1F. The van der Waals surface area contributed by atoms with E-state index in [1.54, 1.807) is 24.0 Å². The Morgan fingerprint density at radius 2 is 1.95 bits per heavy atom. The number of likely N-dealkylation sites (tertiary alicyclic amines) is 1. The zero-order valence-electron chi connectivity index (χ0n) is 21.9. The lowest BCUT2D eigenvalue weighted by Gasteiger charge is -2.33. The zero-order valence-corrected chi connectivity index (χ0v) is 22.8. The maximum atomic E-state index is 13.6. The summed E-state index contributed by atoms with van der Waals surface area (Å²) >= 11 is 0. The average Bonchev–Trinajstić information content (AvgIpc) is 3.41. The molecular weight excluding hydrogens is 531 g/mol. The van der Waals surface area contributed by atoms with Gasteiger partial charge in [0.2, 0.25) is 15.9 Å².